The van der Waals surface area contributed by atoms with Crippen molar-refractivity contribution in [2.75, 3.05) is 0 Å². The minimum atomic E-state index is 1.06. The molecule has 2 nitrogen and oxygen atoms in total. The van der Waals surface area contributed by atoms with Gasteiger partial charge in [-0.05, 0) is 18.6 Å². The number of para-hydroxylation sites is 1. The third kappa shape index (κ3) is 1.37. The van der Waals surface area contributed by atoms with Crippen LogP contribution in [0.3, 0.4) is 0 Å². The topological polar surface area (TPSA) is 9.03 Å². The van der Waals surface area contributed by atoms with Crippen LogP contribution in [0.15, 0.2) is 36.5 Å². The number of rotatable bonds is 1. The number of hydrogen-bond donors (Lipinski definition) is 0. The lowest BCUT2D eigenvalue weighted by Gasteiger charge is -2.00. The molecule has 0 saturated heterocycles. The first-order chi connectivity index (χ1) is 8.22. The molecule has 0 aliphatic carbocycles. The van der Waals surface area contributed by atoms with Crippen molar-refractivity contribution in [3.63, 3.8) is 0 Å². The Morgan fingerprint density at radius 2 is 2.00 bits per heavy atom. The Bertz CT molecular complexity index is 708. The van der Waals surface area contributed by atoms with Crippen LogP contribution < -0.4 is 4.40 Å². The molecule has 0 bridgehead atoms. The summed E-state index contributed by atoms with van der Waals surface area (Å²) in [6, 6.07) is 10.9. The Morgan fingerprint density at radius 1 is 1.18 bits per heavy atom. The highest BCUT2D eigenvalue weighted by Crippen LogP contribution is 2.16. The van der Waals surface area contributed by atoms with Crippen LogP contribution in [0.1, 0.15) is 18.2 Å². The normalized spacial score (nSPS) is 11.5. The van der Waals surface area contributed by atoms with E-state index in [1.54, 1.807) is 0 Å². The first-order valence-corrected chi connectivity index (χ1v) is 6.10. The van der Waals surface area contributed by atoms with Gasteiger partial charge in [-0.3, -0.25) is 0 Å². The molecule has 2 heterocycles. The van der Waals surface area contributed by atoms with Crippen LogP contribution in [0, 0.1) is 6.92 Å². The van der Waals surface area contributed by atoms with Crippen LogP contribution in [0.5, 0.6) is 0 Å². The SMILES string of the molecule is CCc1c[n+]2c3c(C)cccc3ccc2n1C. The van der Waals surface area contributed by atoms with Gasteiger partial charge in [0.05, 0.1) is 7.05 Å². The van der Waals surface area contributed by atoms with Crippen molar-refractivity contribution in [2.24, 2.45) is 7.05 Å². The van der Waals surface area contributed by atoms with Crippen LogP contribution in [-0.4, -0.2) is 4.57 Å². The summed E-state index contributed by atoms with van der Waals surface area (Å²) in [6.07, 6.45) is 3.32. The molecule has 0 unspecified atom stereocenters. The summed E-state index contributed by atoms with van der Waals surface area (Å²) in [5.74, 6) is 0. The van der Waals surface area contributed by atoms with Crippen LogP contribution >= 0.6 is 0 Å². The molecule has 0 N–H and O–H groups in total. The molecule has 3 aromatic rings. The zero-order valence-corrected chi connectivity index (χ0v) is 10.6. The summed E-state index contributed by atoms with van der Waals surface area (Å²) < 4.78 is 4.58. The molecular formula is C15H17N2+. The first kappa shape index (κ1) is 10.3. The molecule has 0 aliphatic rings. The van der Waals surface area contributed by atoms with Crippen molar-refractivity contribution in [3.8, 4) is 0 Å². The van der Waals surface area contributed by atoms with Gasteiger partial charge in [-0.1, -0.05) is 25.1 Å². The maximum atomic E-state index is 2.31. The summed E-state index contributed by atoms with van der Waals surface area (Å²) in [5.41, 5.74) is 5.26. The minimum Gasteiger partial charge on any atom is -0.230 e. The van der Waals surface area contributed by atoms with Crippen molar-refractivity contribution in [3.05, 3.63) is 47.8 Å². The molecule has 0 radical (unpaired) electrons. The molecule has 3 rings (SSSR count). The Morgan fingerprint density at radius 3 is 2.76 bits per heavy atom. The number of fused-ring (bicyclic) bond motifs is 3. The fraction of sp³-hybridized carbons (Fsp3) is 0.267. The highest BCUT2D eigenvalue weighted by Gasteiger charge is 2.15. The lowest BCUT2D eigenvalue weighted by Crippen LogP contribution is -2.21. The Hall–Kier alpha value is -1.83. The van der Waals surface area contributed by atoms with Crippen LogP contribution in [0.25, 0.3) is 16.6 Å². The number of imidazole rings is 1. The lowest BCUT2D eigenvalue weighted by atomic mass is 10.1. The largest absolute Gasteiger partial charge is 0.286 e. The van der Waals surface area contributed by atoms with E-state index in [1.807, 2.05) is 0 Å². The molecule has 0 aliphatic heterocycles. The summed E-state index contributed by atoms with van der Waals surface area (Å²) in [7, 11) is 2.14. The summed E-state index contributed by atoms with van der Waals surface area (Å²) in [6.45, 7) is 4.37. The maximum absolute atomic E-state index is 2.31. The smallest absolute Gasteiger partial charge is 0.230 e. The van der Waals surface area contributed by atoms with E-state index < -0.39 is 0 Å². The molecular weight excluding hydrogens is 208 g/mol. The second-order valence-electron chi connectivity index (χ2n) is 4.61. The van der Waals surface area contributed by atoms with Crippen LogP contribution in [-0.2, 0) is 13.5 Å². The average molecular weight is 225 g/mol. The molecule has 86 valence electrons. The molecule has 0 saturated carbocycles. The van der Waals surface area contributed by atoms with E-state index in [0.717, 1.165) is 6.42 Å². The predicted octanol–water partition coefficient (Wildman–Crippen LogP) is 2.79. The van der Waals surface area contributed by atoms with Gasteiger partial charge in [-0.15, -0.1) is 0 Å². The molecule has 1 aromatic carbocycles. The number of hydrogen-bond acceptors (Lipinski definition) is 0. The van der Waals surface area contributed by atoms with Gasteiger partial charge in [0.25, 0.3) is 5.65 Å². The standard InChI is InChI=1S/C15H17N2/c1-4-13-10-17-14(16(13)3)9-8-12-7-5-6-11(2)15(12)17/h5-10H,4H2,1-3H3/q+1. The monoisotopic (exact) mass is 225 g/mol. The molecule has 2 heteroatoms. The van der Waals surface area contributed by atoms with Crippen molar-refractivity contribution in [2.45, 2.75) is 20.3 Å². The van der Waals surface area contributed by atoms with Crippen molar-refractivity contribution in [1.82, 2.24) is 4.57 Å². The highest BCUT2D eigenvalue weighted by atomic mass is 15.1. The van der Waals surface area contributed by atoms with Crippen LogP contribution in [0.2, 0.25) is 0 Å². The zero-order valence-electron chi connectivity index (χ0n) is 10.6. The first-order valence-electron chi connectivity index (χ1n) is 6.10. The van der Waals surface area contributed by atoms with Gasteiger partial charge in [0, 0.05) is 17.9 Å². The van der Waals surface area contributed by atoms with E-state index in [9.17, 15) is 0 Å². The Kier molecular flexibility index (Phi) is 2.18. The predicted molar refractivity (Wildman–Crippen MR) is 70.2 cm³/mol. The fourth-order valence-electron chi connectivity index (χ4n) is 2.62. The van der Waals surface area contributed by atoms with Gasteiger partial charge in [0.1, 0.15) is 17.4 Å². The second-order valence-corrected chi connectivity index (χ2v) is 4.61. The van der Waals surface area contributed by atoms with E-state index in [4.69, 9.17) is 0 Å². The van der Waals surface area contributed by atoms with E-state index in [-0.39, 0.29) is 0 Å². The molecule has 0 atom stereocenters. The van der Waals surface area contributed by atoms with Crippen molar-refractivity contribution in [1.29, 1.82) is 0 Å². The lowest BCUT2D eigenvalue weighted by molar-refractivity contribution is -0.480. The van der Waals surface area contributed by atoms with Gasteiger partial charge in [-0.25, -0.2) is 4.57 Å². The quantitative estimate of drug-likeness (QED) is 0.563. The fourth-order valence-corrected chi connectivity index (χ4v) is 2.62. The van der Waals surface area contributed by atoms with Gasteiger partial charge >= 0.3 is 0 Å². The van der Waals surface area contributed by atoms with Crippen molar-refractivity contribution >= 4 is 16.6 Å². The summed E-state index contributed by atoms with van der Waals surface area (Å²) >= 11 is 0. The molecule has 0 amide bonds. The highest BCUT2D eigenvalue weighted by molar-refractivity contribution is 5.79. The maximum Gasteiger partial charge on any atom is 0.286 e. The molecule has 2 aromatic heterocycles. The Balaban J connectivity index is 2.55. The second kappa shape index (κ2) is 3.59. The summed E-state index contributed by atoms with van der Waals surface area (Å²) in [5, 5.41) is 1.30. The van der Waals surface area contributed by atoms with Gasteiger partial charge < -0.3 is 0 Å². The molecule has 0 fully saturated rings. The van der Waals surface area contributed by atoms with E-state index in [0.29, 0.717) is 0 Å². The third-order valence-electron chi connectivity index (χ3n) is 3.58. The van der Waals surface area contributed by atoms with Gasteiger partial charge in [0.15, 0.2) is 0 Å². The number of aromatic nitrogens is 2. The van der Waals surface area contributed by atoms with E-state index in [1.165, 1.54) is 27.8 Å². The zero-order chi connectivity index (χ0) is 12.0. The minimum absolute atomic E-state index is 1.06. The number of benzene rings is 1. The number of pyridine rings is 1. The number of aryl methyl sites for hydroxylation is 3. The van der Waals surface area contributed by atoms with Gasteiger partial charge in [0.2, 0.25) is 0 Å². The number of nitrogens with zero attached hydrogens (tertiary/aromatic N) is 2. The summed E-state index contributed by atoms with van der Waals surface area (Å²) in [4.78, 5) is 0. The Labute approximate surface area is 101 Å². The van der Waals surface area contributed by atoms with Crippen LogP contribution in [0.4, 0.5) is 0 Å². The van der Waals surface area contributed by atoms with Gasteiger partial charge in [-0.2, -0.15) is 4.40 Å². The van der Waals surface area contributed by atoms with E-state index >= 15 is 0 Å². The van der Waals surface area contributed by atoms with E-state index in [2.05, 4.69) is 66.4 Å². The molecule has 0 spiro atoms. The molecule has 17 heavy (non-hydrogen) atoms. The third-order valence-corrected chi connectivity index (χ3v) is 3.58. The average Bonchev–Trinajstić information content (AvgIpc) is 2.66. The van der Waals surface area contributed by atoms with Crippen molar-refractivity contribution < 1.29 is 4.40 Å².